The van der Waals surface area contributed by atoms with Crippen LogP contribution < -0.4 is 5.32 Å². The Morgan fingerprint density at radius 1 is 1.62 bits per heavy atom. The molecule has 5 heteroatoms. The molecule has 4 nitrogen and oxygen atoms in total. The molecule has 0 fully saturated rings. The van der Waals surface area contributed by atoms with E-state index in [0.29, 0.717) is 10.8 Å². The summed E-state index contributed by atoms with van der Waals surface area (Å²) in [5.41, 5.74) is 0.537. The van der Waals surface area contributed by atoms with E-state index in [1.807, 2.05) is 5.38 Å². The van der Waals surface area contributed by atoms with Gasteiger partial charge in [-0.3, -0.25) is 10.1 Å². The summed E-state index contributed by atoms with van der Waals surface area (Å²) in [6.07, 6.45) is 3.35. The van der Waals surface area contributed by atoms with E-state index in [0.717, 1.165) is 0 Å². The summed E-state index contributed by atoms with van der Waals surface area (Å²) < 4.78 is 0. The van der Waals surface area contributed by atoms with Crippen LogP contribution in [-0.2, 0) is 0 Å². The summed E-state index contributed by atoms with van der Waals surface area (Å²) in [5, 5.41) is 5.08. The molecule has 0 unspecified atom stereocenters. The van der Waals surface area contributed by atoms with Crippen molar-refractivity contribution in [3.8, 4) is 0 Å². The van der Waals surface area contributed by atoms with Crippen molar-refractivity contribution in [1.29, 1.82) is 0 Å². The van der Waals surface area contributed by atoms with Crippen LogP contribution in [0, 0.1) is 0 Å². The lowest BCUT2D eigenvalue weighted by Gasteiger charge is -1.97. The van der Waals surface area contributed by atoms with E-state index < -0.39 is 0 Å². The second-order valence-electron chi connectivity index (χ2n) is 2.38. The first-order valence-corrected chi connectivity index (χ1v) is 4.58. The molecule has 2 heterocycles. The molecule has 2 N–H and O–H groups in total. The van der Waals surface area contributed by atoms with Crippen LogP contribution in [0.25, 0.3) is 0 Å². The third-order valence-electron chi connectivity index (χ3n) is 1.50. The smallest absolute Gasteiger partial charge is 0.273 e. The molecule has 0 spiro atoms. The topological polar surface area (TPSA) is 57.8 Å². The standard InChI is InChI=1S/C8H7N3OS/c12-7(6-2-1-3-9-6)11-8-10-4-5-13-8/h1-5,9H,(H,10,11,12). The number of nitrogens with one attached hydrogen (secondary N) is 2. The van der Waals surface area contributed by atoms with Crippen LogP contribution in [0.4, 0.5) is 5.13 Å². The Morgan fingerprint density at radius 3 is 3.15 bits per heavy atom. The lowest BCUT2D eigenvalue weighted by atomic mass is 10.4. The number of aromatic amines is 1. The molecule has 2 rings (SSSR count). The van der Waals surface area contributed by atoms with Gasteiger partial charge in [0.25, 0.3) is 5.91 Å². The molecule has 2 aromatic rings. The van der Waals surface area contributed by atoms with Gasteiger partial charge in [0.15, 0.2) is 5.13 Å². The molecule has 0 saturated heterocycles. The van der Waals surface area contributed by atoms with Gasteiger partial charge in [-0.2, -0.15) is 0 Å². The van der Waals surface area contributed by atoms with Gasteiger partial charge in [-0.15, -0.1) is 11.3 Å². The van der Waals surface area contributed by atoms with Gasteiger partial charge in [-0.1, -0.05) is 0 Å². The number of hydrogen-bond acceptors (Lipinski definition) is 3. The third-order valence-corrected chi connectivity index (χ3v) is 2.18. The monoisotopic (exact) mass is 193 g/mol. The highest BCUT2D eigenvalue weighted by molar-refractivity contribution is 7.13. The zero-order chi connectivity index (χ0) is 9.10. The molecule has 2 aromatic heterocycles. The molecule has 0 atom stereocenters. The van der Waals surface area contributed by atoms with E-state index in [-0.39, 0.29) is 5.91 Å². The molecule has 0 saturated carbocycles. The van der Waals surface area contributed by atoms with Crippen LogP contribution in [0.1, 0.15) is 10.5 Å². The van der Waals surface area contributed by atoms with Crippen LogP contribution in [0.5, 0.6) is 0 Å². The van der Waals surface area contributed by atoms with Crippen molar-refractivity contribution in [2.45, 2.75) is 0 Å². The molecular formula is C8H7N3OS. The number of aromatic nitrogens is 2. The van der Waals surface area contributed by atoms with Crippen LogP contribution >= 0.6 is 11.3 Å². The number of carbonyl (C=O) groups excluding carboxylic acids is 1. The predicted molar refractivity (Wildman–Crippen MR) is 50.9 cm³/mol. The minimum atomic E-state index is -0.167. The van der Waals surface area contributed by atoms with Crippen LogP contribution in [0.15, 0.2) is 29.9 Å². The second kappa shape index (κ2) is 3.40. The fraction of sp³-hybridized carbons (Fsp3) is 0. The lowest BCUT2D eigenvalue weighted by molar-refractivity contribution is 0.102. The van der Waals surface area contributed by atoms with Gasteiger partial charge >= 0.3 is 0 Å². The fourth-order valence-corrected chi connectivity index (χ4v) is 1.45. The van der Waals surface area contributed by atoms with Crippen molar-refractivity contribution in [3.63, 3.8) is 0 Å². The van der Waals surface area contributed by atoms with Gasteiger partial charge in [-0.25, -0.2) is 4.98 Å². The average Bonchev–Trinajstić information content (AvgIpc) is 2.74. The molecule has 13 heavy (non-hydrogen) atoms. The summed E-state index contributed by atoms with van der Waals surface area (Å²) >= 11 is 1.39. The Labute approximate surface area is 78.6 Å². The van der Waals surface area contributed by atoms with Gasteiger partial charge in [0.1, 0.15) is 5.69 Å². The van der Waals surface area contributed by atoms with Crippen molar-refractivity contribution in [3.05, 3.63) is 35.6 Å². The molecule has 66 valence electrons. The molecule has 0 aliphatic carbocycles. The predicted octanol–water partition coefficient (Wildman–Crippen LogP) is 1.72. The van der Waals surface area contributed by atoms with E-state index >= 15 is 0 Å². The number of hydrogen-bond donors (Lipinski definition) is 2. The van der Waals surface area contributed by atoms with Crippen molar-refractivity contribution in [2.24, 2.45) is 0 Å². The minimum absolute atomic E-state index is 0.167. The van der Waals surface area contributed by atoms with Crippen LogP contribution in [0.2, 0.25) is 0 Å². The maximum atomic E-state index is 11.4. The number of H-pyrrole nitrogens is 1. The van der Waals surface area contributed by atoms with Gasteiger partial charge in [0.05, 0.1) is 0 Å². The summed E-state index contributed by atoms with van der Waals surface area (Å²) in [7, 11) is 0. The largest absolute Gasteiger partial charge is 0.357 e. The first kappa shape index (κ1) is 8.00. The maximum Gasteiger partial charge on any atom is 0.273 e. The SMILES string of the molecule is O=C(Nc1nccs1)c1ccc[nH]1. The molecule has 0 aliphatic rings. The molecule has 0 radical (unpaired) electrons. The Hall–Kier alpha value is -1.62. The Balaban J connectivity index is 2.08. The highest BCUT2D eigenvalue weighted by Crippen LogP contribution is 2.11. The summed E-state index contributed by atoms with van der Waals surface area (Å²) in [5.74, 6) is -0.167. The third kappa shape index (κ3) is 1.75. The van der Waals surface area contributed by atoms with E-state index in [1.54, 1.807) is 24.5 Å². The minimum Gasteiger partial charge on any atom is -0.357 e. The zero-order valence-corrected chi connectivity index (χ0v) is 7.47. The number of rotatable bonds is 2. The Kier molecular flexibility index (Phi) is 2.09. The summed E-state index contributed by atoms with van der Waals surface area (Å²) in [6.45, 7) is 0. The molecule has 0 aliphatic heterocycles. The van der Waals surface area contributed by atoms with Gasteiger partial charge in [0, 0.05) is 17.8 Å². The van der Waals surface area contributed by atoms with Gasteiger partial charge < -0.3 is 4.98 Å². The molecule has 1 amide bonds. The van der Waals surface area contributed by atoms with Crippen molar-refractivity contribution in [2.75, 3.05) is 5.32 Å². The van der Waals surface area contributed by atoms with E-state index in [2.05, 4.69) is 15.3 Å². The van der Waals surface area contributed by atoms with Gasteiger partial charge in [-0.05, 0) is 12.1 Å². The fourth-order valence-electron chi connectivity index (χ4n) is 0.921. The summed E-state index contributed by atoms with van der Waals surface area (Å²) in [4.78, 5) is 18.2. The van der Waals surface area contributed by atoms with Crippen LogP contribution in [-0.4, -0.2) is 15.9 Å². The normalized spacial score (nSPS) is 9.85. The first-order valence-electron chi connectivity index (χ1n) is 3.70. The van der Waals surface area contributed by atoms with Crippen molar-refractivity contribution < 1.29 is 4.79 Å². The second-order valence-corrected chi connectivity index (χ2v) is 3.27. The Morgan fingerprint density at radius 2 is 2.54 bits per heavy atom. The number of nitrogens with zero attached hydrogens (tertiary/aromatic N) is 1. The van der Waals surface area contributed by atoms with E-state index in [9.17, 15) is 4.79 Å². The molecular weight excluding hydrogens is 186 g/mol. The molecule has 0 aromatic carbocycles. The highest BCUT2D eigenvalue weighted by Gasteiger charge is 2.06. The maximum absolute atomic E-state index is 11.4. The summed E-state index contributed by atoms with van der Waals surface area (Å²) in [6, 6.07) is 3.49. The first-order chi connectivity index (χ1) is 6.36. The van der Waals surface area contributed by atoms with Crippen LogP contribution in [0.3, 0.4) is 0 Å². The van der Waals surface area contributed by atoms with Crippen molar-refractivity contribution in [1.82, 2.24) is 9.97 Å². The van der Waals surface area contributed by atoms with Crippen molar-refractivity contribution >= 4 is 22.4 Å². The molecule has 0 bridgehead atoms. The van der Waals surface area contributed by atoms with E-state index in [1.165, 1.54) is 11.3 Å². The Bertz CT molecular complexity index is 379. The zero-order valence-electron chi connectivity index (χ0n) is 6.65. The number of amides is 1. The van der Waals surface area contributed by atoms with E-state index in [4.69, 9.17) is 0 Å². The highest BCUT2D eigenvalue weighted by atomic mass is 32.1. The lowest BCUT2D eigenvalue weighted by Crippen LogP contribution is -2.11. The number of carbonyl (C=O) groups is 1. The number of anilines is 1. The number of thiazole rings is 1. The quantitative estimate of drug-likeness (QED) is 0.763. The average molecular weight is 193 g/mol. The van der Waals surface area contributed by atoms with Gasteiger partial charge in [0.2, 0.25) is 0 Å².